The molecule has 106 valence electrons. The molecule has 0 bridgehead atoms. The zero-order valence-electron chi connectivity index (χ0n) is 10.9. The summed E-state index contributed by atoms with van der Waals surface area (Å²) in [6, 6.07) is 7.64. The lowest BCUT2D eigenvalue weighted by molar-refractivity contribution is 0.405. The van der Waals surface area contributed by atoms with Gasteiger partial charge in [-0.1, -0.05) is 39.7 Å². The maximum atomic E-state index is 14.1. The van der Waals surface area contributed by atoms with E-state index in [1.165, 1.54) is 7.11 Å². The van der Waals surface area contributed by atoms with Crippen molar-refractivity contribution in [3.05, 3.63) is 63.7 Å². The number of aryl methyl sites for hydroxylation is 1. The van der Waals surface area contributed by atoms with Gasteiger partial charge in [-0.15, -0.1) is 0 Å². The fourth-order valence-electron chi connectivity index (χ4n) is 1.91. The SMILES string of the molecule is COc1cc(F)c(C(Br)c2ccc(C)cc2Cl)c(F)c1. The van der Waals surface area contributed by atoms with Gasteiger partial charge in [0.05, 0.1) is 11.9 Å². The first kappa shape index (κ1) is 15.3. The Morgan fingerprint density at radius 3 is 2.25 bits per heavy atom. The maximum absolute atomic E-state index is 14.1. The zero-order chi connectivity index (χ0) is 14.9. The molecule has 0 saturated carbocycles. The second-order valence-electron chi connectivity index (χ2n) is 4.39. The van der Waals surface area contributed by atoms with Crippen LogP contribution in [0.25, 0.3) is 0 Å². The molecule has 0 aromatic heterocycles. The van der Waals surface area contributed by atoms with Crippen LogP contribution < -0.4 is 4.74 Å². The van der Waals surface area contributed by atoms with Gasteiger partial charge in [-0.2, -0.15) is 0 Å². The van der Waals surface area contributed by atoms with E-state index in [1.807, 2.05) is 13.0 Å². The Kier molecular flexibility index (Phi) is 4.66. The van der Waals surface area contributed by atoms with E-state index in [-0.39, 0.29) is 11.3 Å². The maximum Gasteiger partial charge on any atom is 0.134 e. The van der Waals surface area contributed by atoms with Gasteiger partial charge in [0.1, 0.15) is 17.4 Å². The van der Waals surface area contributed by atoms with Crippen LogP contribution in [0.4, 0.5) is 8.78 Å². The lowest BCUT2D eigenvalue weighted by atomic mass is 10.0. The molecule has 2 aromatic rings. The molecular formula is C15H12BrClF2O. The van der Waals surface area contributed by atoms with Crippen molar-refractivity contribution in [2.75, 3.05) is 7.11 Å². The molecular weight excluding hydrogens is 350 g/mol. The second kappa shape index (κ2) is 6.10. The molecule has 0 amide bonds. The van der Waals surface area contributed by atoms with Gasteiger partial charge in [-0.05, 0) is 24.1 Å². The number of halogens is 4. The van der Waals surface area contributed by atoms with Crippen LogP contribution in [0.1, 0.15) is 21.5 Å². The van der Waals surface area contributed by atoms with Gasteiger partial charge in [0.25, 0.3) is 0 Å². The first-order valence-electron chi connectivity index (χ1n) is 5.87. The van der Waals surface area contributed by atoms with Crippen LogP contribution in [0.2, 0.25) is 5.02 Å². The van der Waals surface area contributed by atoms with Gasteiger partial charge in [-0.3, -0.25) is 0 Å². The van der Waals surface area contributed by atoms with E-state index in [4.69, 9.17) is 16.3 Å². The Labute approximate surface area is 129 Å². The fraction of sp³-hybridized carbons (Fsp3) is 0.200. The third-order valence-electron chi connectivity index (χ3n) is 2.97. The predicted molar refractivity (Wildman–Crippen MR) is 79.9 cm³/mol. The van der Waals surface area contributed by atoms with E-state index in [0.717, 1.165) is 17.7 Å². The molecule has 2 aromatic carbocycles. The zero-order valence-corrected chi connectivity index (χ0v) is 13.2. The lowest BCUT2D eigenvalue weighted by Crippen LogP contribution is -2.02. The van der Waals surface area contributed by atoms with E-state index in [9.17, 15) is 8.78 Å². The Morgan fingerprint density at radius 2 is 1.75 bits per heavy atom. The number of alkyl halides is 1. The molecule has 0 fully saturated rings. The average molecular weight is 362 g/mol. The van der Waals surface area contributed by atoms with Crippen LogP contribution in [-0.4, -0.2) is 7.11 Å². The first-order valence-corrected chi connectivity index (χ1v) is 7.16. The lowest BCUT2D eigenvalue weighted by Gasteiger charge is -2.15. The summed E-state index contributed by atoms with van der Waals surface area (Å²) in [6.07, 6.45) is 0. The average Bonchev–Trinajstić information content (AvgIpc) is 2.37. The topological polar surface area (TPSA) is 9.23 Å². The number of benzene rings is 2. The van der Waals surface area contributed by atoms with Crippen molar-refractivity contribution < 1.29 is 13.5 Å². The number of hydrogen-bond acceptors (Lipinski definition) is 1. The molecule has 0 radical (unpaired) electrons. The second-order valence-corrected chi connectivity index (χ2v) is 5.72. The van der Waals surface area contributed by atoms with Gasteiger partial charge < -0.3 is 4.74 Å². The van der Waals surface area contributed by atoms with Crippen molar-refractivity contribution in [3.8, 4) is 5.75 Å². The predicted octanol–water partition coefficient (Wildman–Crippen LogP) is 5.42. The normalized spacial score (nSPS) is 12.3. The Balaban J connectivity index is 2.50. The van der Waals surface area contributed by atoms with Gasteiger partial charge in [0, 0.05) is 22.7 Å². The van der Waals surface area contributed by atoms with E-state index >= 15 is 0 Å². The molecule has 0 aliphatic rings. The Bertz CT molecular complexity index is 623. The minimum absolute atomic E-state index is 0.0865. The molecule has 1 nitrogen and oxygen atoms in total. The van der Waals surface area contributed by atoms with Crippen molar-refractivity contribution in [2.24, 2.45) is 0 Å². The Morgan fingerprint density at radius 1 is 1.15 bits per heavy atom. The molecule has 1 unspecified atom stereocenters. The summed E-state index contributed by atoms with van der Waals surface area (Å²) in [5.74, 6) is -1.22. The van der Waals surface area contributed by atoms with Crippen LogP contribution in [0, 0.1) is 18.6 Å². The highest BCUT2D eigenvalue weighted by atomic mass is 79.9. The minimum Gasteiger partial charge on any atom is -0.497 e. The molecule has 0 aliphatic carbocycles. The monoisotopic (exact) mass is 360 g/mol. The molecule has 2 rings (SSSR count). The highest BCUT2D eigenvalue weighted by Crippen LogP contribution is 2.39. The molecule has 0 spiro atoms. The van der Waals surface area contributed by atoms with Crippen molar-refractivity contribution >= 4 is 27.5 Å². The van der Waals surface area contributed by atoms with Crippen LogP contribution >= 0.6 is 27.5 Å². The molecule has 0 heterocycles. The molecule has 0 saturated heterocycles. The number of ether oxygens (including phenoxy) is 1. The summed E-state index contributed by atoms with van der Waals surface area (Å²) in [5.41, 5.74) is 1.51. The van der Waals surface area contributed by atoms with Crippen LogP contribution in [0.5, 0.6) is 5.75 Å². The van der Waals surface area contributed by atoms with Crippen molar-refractivity contribution in [1.82, 2.24) is 0 Å². The van der Waals surface area contributed by atoms with E-state index in [1.54, 1.807) is 12.1 Å². The highest BCUT2D eigenvalue weighted by molar-refractivity contribution is 9.09. The third-order valence-corrected chi connectivity index (χ3v) is 4.25. The van der Waals surface area contributed by atoms with Crippen LogP contribution in [0.3, 0.4) is 0 Å². The summed E-state index contributed by atoms with van der Waals surface area (Å²) in [5, 5.41) is 0.460. The summed E-state index contributed by atoms with van der Waals surface area (Å²) in [6.45, 7) is 1.90. The summed E-state index contributed by atoms with van der Waals surface area (Å²) in [4.78, 5) is -0.665. The van der Waals surface area contributed by atoms with E-state index < -0.39 is 16.5 Å². The van der Waals surface area contributed by atoms with Crippen LogP contribution in [-0.2, 0) is 0 Å². The number of hydrogen-bond donors (Lipinski definition) is 0. The van der Waals surface area contributed by atoms with Gasteiger partial charge in [0.15, 0.2) is 0 Å². The fourth-order valence-corrected chi connectivity index (χ4v) is 3.23. The molecule has 5 heteroatoms. The first-order chi connectivity index (χ1) is 9.43. The standard InChI is InChI=1S/C15H12BrClF2O/c1-8-3-4-10(11(17)5-8)15(16)14-12(18)6-9(20-2)7-13(14)19/h3-7,15H,1-2H3. The van der Waals surface area contributed by atoms with E-state index in [0.29, 0.717) is 10.6 Å². The highest BCUT2D eigenvalue weighted by Gasteiger charge is 2.22. The van der Waals surface area contributed by atoms with E-state index in [2.05, 4.69) is 15.9 Å². The van der Waals surface area contributed by atoms with Gasteiger partial charge in [0.2, 0.25) is 0 Å². The van der Waals surface area contributed by atoms with Crippen molar-refractivity contribution in [2.45, 2.75) is 11.8 Å². The number of methoxy groups -OCH3 is 1. The summed E-state index contributed by atoms with van der Waals surface area (Å²) >= 11 is 9.45. The smallest absolute Gasteiger partial charge is 0.134 e. The van der Waals surface area contributed by atoms with Gasteiger partial charge in [-0.25, -0.2) is 8.78 Å². The van der Waals surface area contributed by atoms with Crippen molar-refractivity contribution in [3.63, 3.8) is 0 Å². The van der Waals surface area contributed by atoms with Crippen LogP contribution in [0.15, 0.2) is 30.3 Å². The summed E-state index contributed by atoms with van der Waals surface area (Å²) < 4.78 is 32.9. The molecule has 0 N–H and O–H groups in total. The Hall–Kier alpha value is -1.13. The molecule has 1 atom stereocenters. The quantitative estimate of drug-likeness (QED) is 0.663. The van der Waals surface area contributed by atoms with Crippen molar-refractivity contribution in [1.29, 1.82) is 0 Å². The number of rotatable bonds is 3. The van der Waals surface area contributed by atoms with Gasteiger partial charge >= 0.3 is 0 Å². The summed E-state index contributed by atoms with van der Waals surface area (Å²) in [7, 11) is 1.36. The minimum atomic E-state index is -0.680. The molecule has 20 heavy (non-hydrogen) atoms. The third kappa shape index (κ3) is 2.96. The largest absolute Gasteiger partial charge is 0.497 e. The molecule has 0 aliphatic heterocycles.